The van der Waals surface area contributed by atoms with E-state index in [1.807, 2.05) is 27.7 Å². The van der Waals surface area contributed by atoms with Gasteiger partial charge >= 0.3 is 0 Å². The highest BCUT2D eigenvalue weighted by atomic mass is 16.5. The third-order valence-corrected chi connectivity index (χ3v) is 1.37. The fourth-order valence-corrected chi connectivity index (χ4v) is 0.821. The summed E-state index contributed by atoms with van der Waals surface area (Å²) < 4.78 is 5.34. The van der Waals surface area contributed by atoms with Crippen molar-refractivity contribution in [1.82, 2.24) is 0 Å². The maximum atomic E-state index is 8.53. The Morgan fingerprint density at radius 3 is 1.91 bits per heavy atom. The second-order valence-corrected chi connectivity index (χ2v) is 2.77. The van der Waals surface area contributed by atoms with Gasteiger partial charge in [0.25, 0.3) is 0 Å². The van der Waals surface area contributed by atoms with Crippen LogP contribution in [0.4, 0.5) is 0 Å². The van der Waals surface area contributed by atoms with Crippen molar-refractivity contribution >= 4 is 0 Å². The maximum absolute atomic E-state index is 8.53. The fourth-order valence-electron chi connectivity index (χ4n) is 0.821. The molecular weight excluding hydrogens is 138 g/mol. The molecule has 0 bridgehead atoms. The van der Waals surface area contributed by atoms with Crippen LogP contribution in [0.1, 0.15) is 40.5 Å². The first-order valence-corrected chi connectivity index (χ1v) is 4.28. The van der Waals surface area contributed by atoms with Gasteiger partial charge in [-0.2, -0.15) is 5.26 Å². The van der Waals surface area contributed by atoms with Crippen molar-refractivity contribution in [1.29, 1.82) is 5.26 Å². The molecule has 0 aromatic heterocycles. The largest absolute Gasteiger partial charge is 0.357 e. The van der Waals surface area contributed by atoms with Gasteiger partial charge in [0.05, 0.1) is 12.2 Å². The number of nitriles is 1. The summed E-state index contributed by atoms with van der Waals surface area (Å²) >= 11 is 0. The fraction of sp³-hybridized carbons (Fsp3) is 0.889. The molecule has 0 aromatic rings. The lowest BCUT2D eigenvalue weighted by Gasteiger charge is -2.10. The lowest BCUT2D eigenvalue weighted by atomic mass is 10.3. The van der Waals surface area contributed by atoms with Crippen LogP contribution < -0.4 is 0 Å². The molecule has 0 radical (unpaired) electrons. The Balaban J connectivity index is 0.000000461. The van der Waals surface area contributed by atoms with Gasteiger partial charge in [-0.1, -0.05) is 13.8 Å². The van der Waals surface area contributed by atoms with Crippen LogP contribution in [0.25, 0.3) is 0 Å². The molecule has 1 fully saturated rings. The Morgan fingerprint density at radius 2 is 1.82 bits per heavy atom. The summed E-state index contributed by atoms with van der Waals surface area (Å²) in [6.07, 6.45) is 2.02. The molecule has 0 unspecified atom stereocenters. The first-order chi connectivity index (χ1) is 5.18. The number of hydrogen-bond acceptors (Lipinski definition) is 2. The molecule has 2 nitrogen and oxygen atoms in total. The monoisotopic (exact) mass is 155 g/mol. The van der Waals surface area contributed by atoms with E-state index in [9.17, 15) is 0 Å². The van der Waals surface area contributed by atoms with E-state index in [4.69, 9.17) is 10.00 Å². The Kier molecular flexibility index (Phi) is 4.14. The Bertz CT molecular complexity index is 142. The highest BCUT2D eigenvalue weighted by Crippen LogP contribution is 2.39. The molecule has 0 aromatic carbocycles. The molecule has 0 heterocycles. The van der Waals surface area contributed by atoms with Gasteiger partial charge in [0.15, 0.2) is 5.60 Å². The zero-order chi connectivity index (χ0) is 8.91. The average Bonchev–Trinajstić information content (AvgIpc) is 2.73. The van der Waals surface area contributed by atoms with E-state index in [2.05, 4.69) is 6.07 Å². The maximum Gasteiger partial charge on any atom is 0.154 e. The van der Waals surface area contributed by atoms with Crippen molar-refractivity contribution in [3.8, 4) is 6.07 Å². The van der Waals surface area contributed by atoms with Gasteiger partial charge in [0.1, 0.15) is 0 Å². The Labute approximate surface area is 69.2 Å². The lowest BCUT2D eigenvalue weighted by Crippen LogP contribution is -2.16. The highest BCUT2D eigenvalue weighted by Gasteiger charge is 2.45. The number of hydrogen-bond donors (Lipinski definition) is 0. The summed E-state index contributed by atoms with van der Waals surface area (Å²) in [7, 11) is 0. The van der Waals surface area contributed by atoms with Crippen LogP contribution in [0.5, 0.6) is 0 Å². The topological polar surface area (TPSA) is 33.0 Å². The summed E-state index contributed by atoms with van der Waals surface area (Å²) in [4.78, 5) is 0. The second kappa shape index (κ2) is 4.35. The van der Waals surface area contributed by atoms with Crippen molar-refractivity contribution in [2.75, 3.05) is 0 Å². The summed E-state index contributed by atoms with van der Waals surface area (Å²) in [5.74, 6) is 0. The summed E-state index contributed by atoms with van der Waals surface area (Å²) in [5, 5.41) is 8.53. The zero-order valence-corrected chi connectivity index (χ0v) is 7.85. The molecule has 64 valence electrons. The van der Waals surface area contributed by atoms with Gasteiger partial charge in [-0.05, 0) is 26.7 Å². The second-order valence-electron chi connectivity index (χ2n) is 2.77. The Hall–Kier alpha value is -0.550. The Morgan fingerprint density at radius 1 is 1.36 bits per heavy atom. The van der Waals surface area contributed by atoms with Gasteiger partial charge in [-0.15, -0.1) is 0 Å². The molecule has 1 saturated carbocycles. The van der Waals surface area contributed by atoms with E-state index in [1.54, 1.807) is 0 Å². The van der Waals surface area contributed by atoms with Crippen molar-refractivity contribution in [2.45, 2.75) is 52.2 Å². The third kappa shape index (κ3) is 3.38. The number of rotatable bonds is 2. The van der Waals surface area contributed by atoms with Crippen LogP contribution in [0.2, 0.25) is 0 Å². The molecule has 0 spiro atoms. The molecular formula is C9H17NO. The minimum Gasteiger partial charge on any atom is -0.357 e. The van der Waals surface area contributed by atoms with Gasteiger partial charge in [0, 0.05) is 0 Å². The SMILES string of the molecule is CC.CC(C)OC1(C#N)CC1. The van der Waals surface area contributed by atoms with Crippen LogP contribution in [0.3, 0.4) is 0 Å². The molecule has 1 aliphatic carbocycles. The normalized spacial score (nSPS) is 18.2. The molecule has 0 saturated heterocycles. The predicted molar refractivity (Wildman–Crippen MR) is 45.1 cm³/mol. The van der Waals surface area contributed by atoms with Crippen molar-refractivity contribution in [3.63, 3.8) is 0 Å². The first kappa shape index (κ1) is 10.4. The predicted octanol–water partition coefficient (Wildman–Crippen LogP) is 2.49. The molecule has 1 aliphatic rings. The molecule has 11 heavy (non-hydrogen) atoms. The third-order valence-electron chi connectivity index (χ3n) is 1.37. The number of ether oxygens (including phenoxy) is 1. The van der Waals surface area contributed by atoms with Crippen molar-refractivity contribution < 1.29 is 4.74 Å². The highest BCUT2D eigenvalue weighted by molar-refractivity contribution is 5.13. The molecule has 2 heteroatoms. The van der Waals surface area contributed by atoms with Gasteiger partial charge < -0.3 is 4.74 Å². The van der Waals surface area contributed by atoms with Crippen molar-refractivity contribution in [2.24, 2.45) is 0 Å². The van der Waals surface area contributed by atoms with Gasteiger partial charge in [0.2, 0.25) is 0 Å². The van der Waals surface area contributed by atoms with Crippen LogP contribution in [0.15, 0.2) is 0 Å². The minimum absolute atomic E-state index is 0.187. The van der Waals surface area contributed by atoms with Crippen LogP contribution >= 0.6 is 0 Å². The smallest absolute Gasteiger partial charge is 0.154 e. The average molecular weight is 155 g/mol. The van der Waals surface area contributed by atoms with Crippen LogP contribution in [0, 0.1) is 11.3 Å². The molecule has 0 aliphatic heterocycles. The van der Waals surface area contributed by atoms with E-state index in [0.29, 0.717) is 0 Å². The van der Waals surface area contributed by atoms with E-state index in [-0.39, 0.29) is 11.7 Å². The van der Waals surface area contributed by atoms with E-state index < -0.39 is 0 Å². The standard InChI is InChI=1S/C7H11NO.C2H6/c1-6(2)9-7(5-8)3-4-7;1-2/h6H,3-4H2,1-2H3;1-2H3. The molecule has 0 atom stereocenters. The number of nitrogens with zero attached hydrogens (tertiary/aromatic N) is 1. The minimum atomic E-state index is -0.381. The molecule has 0 N–H and O–H groups in total. The van der Waals surface area contributed by atoms with Gasteiger partial charge in [-0.3, -0.25) is 0 Å². The van der Waals surface area contributed by atoms with E-state index >= 15 is 0 Å². The summed E-state index contributed by atoms with van der Waals surface area (Å²) in [6.45, 7) is 7.91. The van der Waals surface area contributed by atoms with Crippen LogP contribution in [-0.2, 0) is 4.74 Å². The zero-order valence-electron chi connectivity index (χ0n) is 7.85. The van der Waals surface area contributed by atoms with Gasteiger partial charge in [-0.25, -0.2) is 0 Å². The van der Waals surface area contributed by atoms with Crippen LogP contribution in [-0.4, -0.2) is 11.7 Å². The van der Waals surface area contributed by atoms with E-state index in [1.165, 1.54) is 0 Å². The molecule has 1 rings (SSSR count). The van der Waals surface area contributed by atoms with E-state index in [0.717, 1.165) is 12.8 Å². The lowest BCUT2D eigenvalue weighted by molar-refractivity contribution is 0.0233. The summed E-state index contributed by atoms with van der Waals surface area (Å²) in [6, 6.07) is 2.16. The molecule has 0 amide bonds. The summed E-state index contributed by atoms with van der Waals surface area (Å²) in [5.41, 5.74) is -0.381. The quantitative estimate of drug-likeness (QED) is 0.613. The first-order valence-electron chi connectivity index (χ1n) is 4.28. The van der Waals surface area contributed by atoms with Crippen molar-refractivity contribution in [3.05, 3.63) is 0 Å².